The quantitative estimate of drug-likeness (QED) is 0.204. The van der Waals surface area contributed by atoms with Crippen LogP contribution in [-0.4, -0.2) is 49.4 Å². The Morgan fingerprint density at radius 1 is 1.10 bits per heavy atom. The van der Waals surface area contributed by atoms with E-state index in [1.807, 2.05) is 57.2 Å². The molecule has 8 nitrogen and oxygen atoms in total. The molecule has 31 heavy (non-hydrogen) atoms. The molecule has 1 aromatic heterocycles. The van der Waals surface area contributed by atoms with Crippen molar-refractivity contribution in [2.45, 2.75) is 32.8 Å². The van der Waals surface area contributed by atoms with E-state index in [0.29, 0.717) is 24.8 Å². The normalized spacial score (nSPS) is 11.2. The van der Waals surface area contributed by atoms with Crippen LogP contribution in [0.4, 0.5) is 10.5 Å². The number of rotatable bonds is 8. The average molecular weight is 541 g/mol. The van der Waals surface area contributed by atoms with E-state index < -0.39 is 11.7 Å². The van der Waals surface area contributed by atoms with Crippen LogP contribution < -0.4 is 20.7 Å². The molecule has 0 saturated carbocycles. The van der Waals surface area contributed by atoms with Gasteiger partial charge in [0.1, 0.15) is 18.0 Å². The van der Waals surface area contributed by atoms with Gasteiger partial charge in [-0.25, -0.2) is 4.79 Å². The van der Waals surface area contributed by atoms with Crippen molar-refractivity contribution in [3.05, 3.63) is 54.4 Å². The molecule has 3 N–H and O–H groups in total. The molecule has 0 aliphatic rings. The molecule has 0 bridgehead atoms. The number of nitrogens with one attached hydrogen (secondary N) is 3. The molecule has 2 aromatic rings. The molecule has 0 atom stereocenters. The van der Waals surface area contributed by atoms with Crippen molar-refractivity contribution in [3.63, 3.8) is 0 Å². The van der Waals surface area contributed by atoms with Gasteiger partial charge in [0.05, 0.1) is 12.7 Å². The highest BCUT2D eigenvalue weighted by molar-refractivity contribution is 14.0. The Morgan fingerprint density at radius 2 is 1.81 bits per heavy atom. The van der Waals surface area contributed by atoms with Gasteiger partial charge in [0.15, 0.2) is 5.96 Å². The predicted octanol–water partition coefficient (Wildman–Crippen LogP) is 3.83. The molecular weight excluding hydrogens is 509 g/mol. The van der Waals surface area contributed by atoms with E-state index in [1.54, 1.807) is 19.4 Å². The molecule has 1 aromatic carbocycles. The third kappa shape index (κ3) is 11.4. The van der Waals surface area contributed by atoms with Gasteiger partial charge in [-0.05, 0) is 57.0 Å². The minimum atomic E-state index is -0.521. The number of aromatic nitrogens is 1. The number of hydrogen-bond donors (Lipinski definition) is 3. The van der Waals surface area contributed by atoms with E-state index in [4.69, 9.17) is 9.47 Å². The second kappa shape index (κ2) is 13.7. The molecule has 2 rings (SSSR count). The Labute approximate surface area is 201 Å². The summed E-state index contributed by atoms with van der Waals surface area (Å²) in [4.78, 5) is 20.0. The summed E-state index contributed by atoms with van der Waals surface area (Å²) in [6, 6.07) is 11.4. The molecule has 0 aliphatic heterocycles. The summed E-state index contributed by atoms with van der Waals surface area (Å²) in [5, 5.41) is 9.21. The van der Waals surface area contributed by atoms with Crippen molar-refractivity contribution >= 4 is 41.7 Å². The number of guanidine groups is 1. The number of aliphatic imine (C=N–C) groups is 1. The Hall–Kier alpha value is -2.56. The van der Waals surface area contributed by atoms with Gasteiger partial charge in [-0.2, -0.15) is 0 Å². The maximum Gasteiger partial charge on any atom is 0.412 e. The summed E-state index contributed by atoms with van der Waals surface area (Å²) < 4.78 is 10.8. The number of carbonyl (C=O) groups is 1. The zero-order valence-electron chi connectivity index (χ0n) is 18.5. The van der Waals surface area contributed by atoms with Gasteiger partial charge in [0, 0.05) is 25.5 Å². The molecule has 0 radical (unpaired) electrons. The Balaban J connectivity index is 0.00000480. The SMILES string of the molecule is CN=C(NCCOc1cccnc1)NCCc1ccc(NC(=O)OC(C)(C)C)cc1.I. The lowest BCUT2D eigenvalue weighted by Gasteiger charge is -2.19. The molecule has 9 heteroatoms. The number of anilines is 1. The molecular formula is C22H32IN5O3. The van der Waals surface area contributed by atoms with Crippen LogP contribution in [0.5, 0.6) is 5.75 Å². The van der Waals surface area contributed by atoms with Crippen molar-refractivity contribution in [3.8, 4) is 5.75 Å². The van der Waals surface area contributed by atoms with Crippen LogP contribution in [0.3, 0.4) is 0 Å². The number of pyridine rings is 1. The fourth-order valence-corrected chi connectivity index (χ4v) is 2.49. The van der Waals surface area contributed by atoms with Gasteiger partial charge in [0.2, 0.25) is 0 Å². The number of nitrogens with zero attached hydrogens (tertiary/aromatic N) is 2. The number of ether oxygens (including phenoxy) is 2. The van der Waals surface area contributed by atoms with Crippen LogP contribution >= 0.6 is 24.0 Å². The Morgan fingerprint density at radius 3 is 2.42 bits per heavy atom. The monoisotopic (exact) mass is 541 g/mol. The topological polar surface area (TPSA) is 96.9 Å². The van der Waals surface area contributed by atoms with Crippen LogP contribution in [0.2, 0.25) is 0 Å². The lowest BCUT2D eigenvalue weighted by molar-refractivity contribution is 0.0636. The van der Waals surface area contributed by atoms with Crippen LogP contribution in [0.15, 0.2) is 53.8 Å². The predicted molar refractivity (Wildman–Crippen MR) is 135 cm³/mol. The van der Waals surface area contributed by atoms with Crippen molar-refractivity contribution in [1.29, 1.82) is 0 Å². The van der Waals surface area contributed by atoms with Crippen LogP contribution in [0.1, 0.15) is 26.3 Å². The van der Waals surface area contributed by atoms with E-state index in [0.717, 1.165) is 24.3 Å². The van der Waals surface area contributed by atoms with E-state index in [-0.39, 0.29) is 24.0 Å². The van der Waals surface area contributed by atoms with Crippen molar-refractivity contribution < 1.29 is 14.3 Å². The van der Waals surface area contributed by atoms with Crippen LogP contribution in [0.25, 0.3) is 0 Å². The first kappa shape index (κ1) is 26.5. The lowest BCUT2D eigenvalue weighted by atomic mass is 10.1. The lowest BCUT2D eigenvalue weighted by Crippen LogP contribution is -2.40. The minimum Gasteiger partial charge on any atom is -0.490 e. The van der Waals surface area contributed by atoms with E-state index in [9.17, 15) is 4.79 Å². The van der Waals surface area contributed by atoms with E-state index in [1.165, 1.54) is 0 Å². The first-order valence-corrected chi connectivity index (χ1v) is 9.92. The molecule has 170 valence electrons. The van der Waals surface area contributed by atoms with E-state index in [2.05, 4.69) is 25.9 Å². The summed E-state index contributed by atoms with van der Waals surface area (Å²) in [7, 11) is 1.73. The summed E-state index contributed by atoms with van der Waals surface area (Å²) in [5.41, 5.74) is 1.33. The molecule has 0 fully saturated rings. The van der Waals surface area contributed by atoms with Gasteiger partial charge >= 0.3 is 6.09 Å². The highest BCUT2D eigenvalue weighted by Crippen LogP contribution is 2.13. The fourth-order valence-electron chi connectivity index (χ4n) is 2.49. The highest BCUT2D eigenvalue weighted by Gasteiger charge is 2.16. The standard InChI is InChI=1S/C22H31N5O3.HI/c1-22(2,3)30-21(28)27-18-9-7-17(8-10-18)11-13-25-20(23-4)26-14-15-29-19-6-5-12-24-16-19;/h5-10,12,16H,11,13-15H2,1-4H3,(H,27,28)(H2,23,25,26);1H. The zero-order valence-corrected chi connectivity index (χ0v) is 20.8. The third-order valence-corrected chi connectivity index (χ3v) is 3.83. The fraction of sp³-hybridized carbons (Fsp3) is 0.409. The molecule has 0 spiro atoms. The third-order valence-electron chi connectivity index (χ3n) is 3.83. The zero-order chi connectivity index (χ0) is 21.8. The molecule has 0 aliphatic carbocycles. The smallest absolute Gasteiger partial charge is 0.412 e. The average Bonchev–Trinajstić information content (AvgIpc) is 2.70. The van der Waals surface area contributed by atoms with Gasteiger partial charge in [-0.3, -0.25) is 15.3 Å². The highest BCUT2D eigenvalue weighted by atomic mass is 127. The number of hydrogen-bond acceptors (Lipinski definition) is 5. The first-order valence-electron chi connectivity index (χ1n) is 9.92. The molecule has 1 amide bonds. The minimum absolute atomic E-state index is 0. The number of carbonyl (C=O) groups excluding carboxylic acids is 1. The van der Waals surface area contributed by atoms with Gasteiger partial charge in [0.25, 0.3) is 0 Å². The molecule has 0 saturated heterocycles. The number of benzene rings is 1. The first-order chi connectivity index (χ1) is 14.4. The van der Waals surface area contributed by atoms with Gasteiger partial charge in [-0.1, -0.05) is 12.1 Å². The summed E-state index contributed by atoms with van der Waals surface area (Å²) in [6.07, 6.45) is 3.75. The summed E-state index contributed by atoms with van der Waals surface area (Å²) >= 11 is 0. The van der Waals surface area contributed by atoms with Gasteiger partial charge < -0.3 is 20.1 Å². The maximum atomic E-state index is 11.8. The summed E-state index contributed by atoms with van der Waals surface area (Å²) in [5.74, 6) is 1.46. The van der Waals surface area contributed by atoms with Crippen LogP contribution in [-0.2, 0) is 11.2 Å². The number of halogens is 1. The Kier molecular flexibility index (Phi) is 11.7. The number of amides is 1. The van der Waals surface area contributed by atoms with Crippen molar-refractivity contribution in [2.24, 2.45) is 4.99 Å². The summed E-state index contributed by atoms with van der Waals surface area (Å²) in [6.45, 7) is 7.36. The van der Waals surface area contributed by atoms with Crippen molar-refractivity contribution in [1.82, 2.24) is 15.6 Å². The second-order valence-electron chi connectivity index (χ2n) is 7.54. The van der Waals surface area contributed by atoms with E-state index >= 15 is 0 Å². The Bertz CT molecular complexity index is 808. The molecule has 1 heterocycles. The maximum absolute atomic E-state index is 11.8. The van der Waals surface area contributed by atoms with Crippen LogP contribution in [0, 0.1) is 0 Å². The molecule has 0 unspecified atom stereocenters. The van der Waals surface area contributed by atoms with Gasteiger partial charge in [-0.15, -0.1) is 24.0 Å². The largest absolute Gasteiger partial charge is 0.490 e. The second-order valence-corrected chi connectivity index (χ2v) is 7.54. The van der Waals surface area contributed by atoms with Crippen molar-refractivity contribution in [2.75, 3.05) is 32.1 Å².